The summed E-state index contributed by atoms with van der Waals surface area (Å²) in [5.41, 5.74) is 4.39. The summed E-state index contributed by atoms with van der Waals surface area (Å²) in [6.45, 7) is 4.59. The molecule has 0 radical (unpaired) electrons. The molecule has 0 saturated heterocycles. The van der Waals surface area contributed by atoms with Crippen LogP contribution in [0.4, 0.5) is 10.2 Å². The maximum absolute atomic E-state index is 14.9. The molecule has 3 aromatic heterocycles. The highest BCUT2D eigenvalue weighted by atomic mass is 32.1. The van der Waals surface area contributed by atoms with Crippen molar-refractivity contribution in [1.29, 1.82) is 0 Å². The number of anilines is 1. The lowest BCUT2D eigenvalue weighted by atomic mass is 9.85. The predicted octanol–water partition coefficient (Wildman–Crippen LogP) is 5.36. The third kappa shape index (κ3) is 5.00. The molecule has 190 valence electrons. The predicted molar refractivity (Wildman–Crippen MR) is 146 cm³/mol. The van der Waals surface area contributed by atoms with Gasteiger partial charge in [-0.25, -0.2) is 14.4 Å². The van der Waals surface area contributed by atoms with Crippen molar-refractivity contribution in [3.63, 3.8) is 0 Å². The van der Waals surface area contributed by atoms with Gasteiger partial charge in [0.1, 0.15) is 18.0 Å². The SMILES string of the molecule is CNC(=O)c1ccnc2c([C@](C)(S)C(C)CNc3cc(-c4ccnc(C5CC5)c4)ncn3)ccc(F)c12. The number of carbonyl (C=O) groups is 1. The van der Waals surface area contributed by atoms with Crippen molar-refractivity contribution in [3.8, 4) is 11.3 Å². The van der Waals surface area contributed by atoms with E-state index in [1.165, 1.54) is 38.2 Å². The van der Waals surface area contributed by atoms with Crippen LogP contribution in [0, 0.1) is 11.7 Å². The van der Waals surface area contributed by atoms with Crippen molar-refractivity contribution in [1.82, 2.24) is 25.3 Å². The minimum absolute atomic E-state index is 0.0178. The van der Waals surface area contributed by atoms with E-state index in [1.54, 1.807) is 12.4 Å². The Labute approximate surface area is 220 Å². The third-order valence-corrected chi connectivity index (χ3v) is 7.83. The summed E-state index contributed by atoms with van der Waals surface area (Å²) in [5.74, 6) is 0.398. The average Bonchev–Trinajstić information content (AvgIpc) is 3.77. The molecule has 1 unspecified atom stereocenters. The summed E-state index contributed by atoms with van der Waals surface area (Å²) in [5, 5.41) is 6.17. The first kappa shape index (κ1) is 25.1. The van der Waals surface area contributed by atoms with Gasteiger partial charge in [-0.15, -0.1) is 0 Å². The zero-order valence-corrected chi connectivity index (χ0v) is 21.9. The van der Waals surface area contributed by atoms with Crippen LogP contribution in [0.2, 0.25) is 0 Å². The van der Waals surface area contributed by atoms with Crippen LogP contribution < -0.4 is 10.6 Å². The molecular weight excluding hydrogens is 487 g/mol. The summed E-state index contributed by atoms with van der Waals surface area (Å²) >= 11 is 5.01. The van der Waals surface area contributed by atoms with E-state index < -0.39 is 10.6 Å². The number of amides is 1. The van der Waals surface area contributed by atoms with E-state index in [9.17, 15) is 9.18 Å². The molecule has 0 bridgehead atoms. The molecule has 1 fully saturated rings. The fourth-order valence-electron chi connectivity index (χ4n) is 4.50. The lowest BCUT2D eigenvalue weighted by Crippen LogP contribution is -2.30. The number of hydrogen-bond acceptors (Lipinski definition) is 7. The molecule has 9 heteroatoms. The smallest absolute Gasteiger partial charge is 0.251 e. The molecule has 1 amide bonds. The summed E-state index contributed by atoms with van der Waals surface area (Å²) in [6, 6.07) is 10.6. The molecule has 2 N–H and O–H groups in total. The van der Waals surface area contributed by atoms with E-state index in [4.69, 9.17) is 12.6 Å². The van der Waals surface area contributed by atoms with Crippen LogP contribution in [-0.4, -0.2) is 39.4 Å². The first-order chi connectivity index (χ1) is 17.8. The van der Waals surface area contributed by atoms with Crippen molar-refractivity contribution >= 4 is 35.3 Å². The van der Waals surface area contributed by atoms with Gasteiger partial charge < -0.3 is 10.6 Å². The minimum atomic E-state index is -0.687. The molecule has 1 saturated carbocycles. The molecule has 1 aromatic carbocycles. The van der Waals surface area contributed by atoms with Crippen LogP contribution >= 0.6 is 12.6 Å². The standard InChI is InChI=1S/C28H29FN6OS/c1-16(14-33-24-13-23(34-15-35-24)18-8-10-31-22(12-18)17-4-5-17)28(2,37)20-6-7-21(29)25-19(27(36)30-3)9-11-32-26(20)25/h6-13,15-17,37H,4-5,14H2,1-3H3,(H,30,36)(H,33,34,35)/t16?,28-/m1/s1. The van der Waals surface area contributed by atoms with Gasteiger partial charge in [0, 0.05) is 59.4 Å². The highest BCUT2D eigenvalue weighted by Gasteiger charge is 2.32. The first-order valence-electron chi connectivity index (χ1n) is 12.3. The van der Waals surface area contributed by atoms with E-state index in [0.29, 0.717) is 23.8 Å². The van der Waals surface area contributed by atoms with E-state index in [2.05, 4.69) is 43.6 Å². The monoisotopic (exact) mass is 516 g/mol. The topological polar surface area (TPSA) is 92.7 Å². The van der Waals surface area contributed by atoms with Crippen LogP contribution in [0.1, 0.15) is 54.2 Å². The van der Waals surface area contributed by atoms with Gasteiger partial charge in [0.05, 0.1) is 16.8 Å². The van der Waals surface area contributed by atoms with E-state index in [0.717, 1.165) is 22.5 Å². The number of carbonyl (C=O) groups excluding carboxylic acids is 1. The Bertz CT molecular complexity index is 1470. The molecule has 7 nitrogen and oxygen atoms in total. The number of aromatic nitrogens is 4. The molecule has 1 aliphatic carbocycles. The molecular formula is C28H29FN6OS. The normalized spacial score (nSPS) is 15.7. The van der Waals surface area contributed by atoms with Crippen molar-refractivity contribution in [2.45, 2.75) is 37.4 Å². The summed E-state index contributed by atoms with van der Waals surface area (Å²) in [4.78, 5) is 30.2. The Morgan fingerprint density at radius 1 is 1.14 bits per heavy atom. The maximum atomic E-state index is 14.9. The Kier molecular flexibility index (Phi) is 6.81. The maximum Gasteiger partial charge on any atom is 0.251 e. The number of rotatable bonds is 8. The van der Waals surface area contributed by atoms with Gasteiger partial charge in [0.2, 0.25) is 0 Å². The minimum Gasteiger partial charge on any atom is -0.370 e. The Hall–Kier alpha value is -3.59. The zero-order chi connectivity index (χ0) is 26.2. The molecule has 1 aliphatic rings. The lowest BCUT2D eigenvalue weighted by molar-refractivity contribution is 0.0964. The molecule has 37 heavy (non-hydrogen) atoms. The van der Waals surface area contributed by atoms with Gasteiger partial charge in [-0.1, -0.05) is 13.0 Å². The Morgan fingerprint density at radius 3 is 2.68 bits per heavy atom. The fraction of sp³-hybridized carbons (Fsp3) is 0.321. The van der Waals surface area contributed by atoms with Gasteiger partial charge in [0.25, 0.3) is 5.91 Å². The van der Waals surface area contributed by atoms with Gasteiger partial charge in [-0.2, -0.15) is 12.6 Å². The summed E-state index contributed by atoms with van der Waals surface area (Å²) in [7, 11) is 1.52. The molecule has 2 atom stereocenters. The second-order valence-corrected chi connectivity index (χ2v) is 10.6. The largest absolute Gasteiger partial charge is 0.370 e. The Morgan fingerprint density at radius 2 is 1.92 bits per heavy atom. The van der Waals surface area contributed by atoms with Crippen LogP contribution in [0.15, 0.2) is 55.1 Å². The number of benzene rings is 1. The van der Waals surface area contributed by atoms with E-state index in [-0.39, 0.29) is 22.8 Å². The number of pyridine rings is 2. The quantitative estimate of drug-likeness (QED) is 0.273. The van der Waals surface area contributed by atoms with Crippen LogP contribution in [-0.2, 0) is 4.75 Å². The third-order valence-electron chi connectivity index (χ3n) is 7.15. The molecule has 0 aliphatic heterocycles. The zero-order valence-electron chi connectivity index (χ0n) is 21.0. The van der Waals surface area contributed by atoms with Crippen LogP contribution in [0.5, 0.6) is 0 Å². The van der Waals surface area contributed by atoms with Gasteiger partial charge >= 0.3 is 0 Å². The average molecular weight is 517 g/mol. The molecule has 4 aromatic rings. The number of fused-ring (bicyclic) bond motifs is 1. The number of hydrogen-bond donors (Lipinski definition) is 3. The number of nitrogens with one attached hydrogen (secondary N) is 2. The van der Waals surface area contributed by atoms with Gasteiger partial charge in [0.15, 0.2) is 0 Å². The summed E-state index contributed by atoms with van der Waals surface area (Å²) in [6.07, 6.45) is 7.30. The van der Waals surface area contributed by atoms with Crippen LogP contribution in [0.25, 0.3) is 22.2 Å². The van der Waals surface area contributed by atoms with E-state index >= 15 is 0 Å². The van der Waals surface area contributed by atoms with Crippen molar-refractivity contribution in [3.05, 3.63) is 77.8 Å². The lowest BCUT2D eigenvalue weighted by Gasteiger charge is -2.32. The van der Waals surface area contributed by atoms with E-state index in [1.807, 2.05) is 25.3 Å². The molecule has 5 rings (SSSR count). The highest BCUT2D eigenvalue weighted by Crippen LogP contribution is 2.41. The second-order valence-electron chi connectivity index (χ2n) is 9.72. The van der Waals surface area contributed by atoms with Crippen molar-refractivity contribution in [2.75, 3.05) is 18.9 Å². The number of halogens is 1. The van der Waals surface area contributed by atoms with Gasteiger partial charge in [-0.3, -0.25) is 14.8 Å². The number of thiol groups is 1. The fourth-order valence-corrected chi connectivity index (χ4v) is 4.77. The van der Waals surface area contributed by atoms with Crippen LogP contribution in [0.3, 0.4) is 0 Å². The Balaban J connectivity index is 1.38. The molecule has 3 heterocycles. The van der Waals surface area contributed by atoms with Gasteiger partial charge in [-0.05, 0) is 55.5 Å². The molecule has 0 spiro atoms. The summed E-state index contributed by atoms with van der Waals surface area (Å²) < 4.78 is 14.2. The second kappa shape index (κ2) is 10.0. The first-order valence-corrected chi connectivity index (χ1v) is 12.8. The highest BCUT2D eigenvalue weighted by molar-refractivity contribution is 7.81. The van der Waals surface area contributed by atoms with Crippen molar-refractivity contribution in [2.24, 2.45) is 5.92 Å². The van der Waals surface area contributed by atoms with Crippen molar-refractivity contribution < 1.29 is 9.18 Å². The number of nitrogens with zero attached hydrogens (tertiary/aromatic N) is 4.